The number of nitrogens with zero attached hydrogens (tertiary/aromatic N) is 1. The highest BCUT2D eigenvalue weighted by atomic mass is 16.5. The van der Waals surface area contributed by atoms with Gasteiger partial charge in [0.1, 0.15) is 5.75 Å². The van der Waals surface area contributed by atoms with Crippen molar-refractivity contribution < 1.29 is 34.1 Å². The molecule has 2 heterocycles. The molecule has 0 radical (unpaired) electrons. The molecule has 2 amide bonds. The standard InChI is InChI=1S/C18H25N3O3.C4H4O4/c1-3-21-7-4-5-15(21)11-19-18(23)16-10-14(20-12(2)22)9-13-6-8-24-17(13)16;5-3(6)1-2-4(7)8/h9-10,15H,3-8,11H2,1-2H3,(H,19,23)(H,20,22);1-2H,(H,5,6)(H,7,8)/b;2-1+. The van der Waals surface area contributed by atoms with Gasteiger partial charge in [0.2, 0.25) is 5.91 Å². The van der Waals surface area contributed by atoms with Crippen LogP contribution in [0.1, 0.15) is 42.6 Å². The molecule has 0 aliphatic carbocycles. The Morgan fingerprint density at radius 3 is 2.47 bits per heavy atom. The lowest BCUT2D eigenvalue weighted by Gasteiger charge is -2.23. The van der Waals surface area contributed by atoms with Gasteiger partial charge in [0.05, 0.1) is 12.2 Å². The van der Waals surface area contributed by atoms with Crippen LogP contribution in [0.5, 0.6) is 5.75 Å². The average Bonchev–Trinajstić information content (AvgIpc) is 3.38. The van der Waals surface area contributed by atoms with Gasteiger partial charge in [0, 0.05) is 49.3 Å². The second-order valence-electron chi connectivity index (χ2n) is 7.44. The fourth-order valence-corrected chi connectivity index (χ4v) is 3.74. The van der Waals surface area contributed by atoms with Crippen molar-refractivity contribution in [2.75, 3.05) is 31.6 Å². The van der Waals surface area contributed by atoms with Crippen molar-refractivity contribution in [3.8, 4) is 5.75 Å². The maximum Gasteiger partial charge on any atom is 0.328 e. The molecule has 10 nitrogen and oxygen atoms in total. The van der Waals surface area contributed by atoms with E-state index in [1.54, 1.807) is 6.07 Å². The van der Waals surface area contributed by atoms with Crippen LogP contribution in [-0.2, 0) is 20.8 Å². The predicted octanol–water partition coefficient (Wildman–Crippen LogP) is 1.51. The van der Waals surface area contributed by atoms with Gasteiger partial charge in [0.15, 0.2) is 0 Å². The summed E-state index contributed by atoms with van der Waals surface area (Å²) in [5.41, 5.74) is 2.13. The Hall–Kier alpha value is -3.40. The first-order valence-corrected chi connectivity index (χ1v) is 10.4. The topological polar surface area (TPSA) is 145 Å². The maximum atomic E-state index is 12.7. The molecule has 1 unspecified atom stereocenters. The molecule has 1 saturated heterocycles. The van der Waals surface area contributed by atoms with E-state index < -0.39 is 11.9 Å². The van der Waals surface area contributed by atoms with E-state index in [2.05, 4.69) is 22.5 Å². The van der Waals surface area contributed by atoms with Gasteiger partial charge in [-0.3, -0.25) is 14.5 Å². The van der Waals surface area contributed by atoms with E-state index in [0.717, 1.165) is 31.5 Å². The highest BCUT2D eigenvalue weighted by Gasteiger charge is 2.26. The summed E-state index contributed by atoms with van der Waals surface area (Å²) in [6, 6.07) is 4.00. The van der Waals surface area contributed by atoms with Crippen molar-refractivity contribution in [3.63, 3.8) is 0 Å². The molecule has 32 heavy (non-hydrogen) atoms. The number of anilines is 1. The monoisotopic (exact) mass is 447 g/mol. The molecule has 2 aliphatic heterocycles. The lowest BCUT2D eigenvalue weighted by Crippen LogP contribution is -2.40. The van der Waals surface area contributed by atoms with E-state index in [4.69, 9.17) is 14.9 Å². The van der Waals surface area contributed by atoms with Crippen LogP contribution >= 0.6 is 0 Å². The summed E-state index contributed by atoms with van der Waals surface area (Å²) in [5, 5.41) is 21.4. The second kappa shape index (κ2) is 11.8. The van der Waals surface area contributed by atoms with Crippen molar-refractivity contribution in [3.05, 3.63) is 35.4 Å². The van der Waals surface area contributed by atoms with Gasteiger partial charge in [-0.15, -0.1) is 0 Å². The molecular weight excluding hydrogens is 418 g/mol. The largest absolute Gasteiger partial charge is 0.492 e. The fraction of sp³-hybridized carbons (Fsp3) is 0.455. The Morgan fingerprint density at radius 1 is 1.19 bits per heavy atom. The number of amides is 2. The van der Waals surface area contributed by atoms with E-state index in [1.165, 1.54) is 13.3 Å². The Labute approximate surface area is 186 Å². The summed E-state index contributed by atoms with van der Waals surface area (Å²) in [6.07, 6.45) is 4.18. The van der Waals surface area contributed by atoms with Crippen LogP contribution in [0.15, 0.2) is 24.3 Å². The summed E-state index contributed by atoms with van der Waals surface area (Å²) in [7, 11) is 0. The van der Waals surface area contributed by atoms with E-state index in [-0.39, 0.29) is 11.8 Å². The molecule has 1 aromatic rings. The van der Waals surface area contributed by atoms with Crippen molar-refractivity contribution in [1.82, 2.24) is 10.2 Å². The van der Waals surface area contributed by atoms with Crippen LogP contribution in [0.2, 0.25) is 0 Å². The number of carbonyl (C=O) groups excluding carboxylic acids is 2. The molecule has 4 N–H and O–H groups in total. The first-order chi connectivity index (χ1) is 15.2. The van der Waals surface area contributed by atoms with Crippen LogP contribution in [0.4, 0.5) is 5.69 Å². The quantitative estimate of drug-likeness (QED) is 0.460. The summed E-state index contributed by atoms with van der Waals surface area (Å²) in [6.45, 7) is 6.95. The van der Waals surface area contributed by atoms with Crippen LogP contribution in [0, 0.1) is 0 Å². The number of hydrogen-bond donors (Lipinski definition) is 4. The molecule has 3 rings (SSSR count). The molecule has 0 saturated carbocycles. The van der Waals surface area contributed by atoms with Gasteiger partial charge < -0.3 is 25.6 Å². The second-order valence-corrected chi connectivity index (χ2v) is 7.44. The fourth-order valence-electron chi connectivity index (χ4n) is 3.74. The molecule has 1 aromatic carbocycles. The van der Waals surface area contributed by atoms with Gasteiger partial charge in [-0.1, -0.05) is 6.92 Å². The van der Waals surface area contributed by atoms with Gasteiger partial charge >= 0.3 is 11.9 Å². The maximum absolute atomic E-state index is 12.7. The van der Waals surface area contributed by atoms with Crippen LogP contribution in [0.25, 0.3) is 0 Å². The van der Waals surface area contributed by atoms with Crippen LogP contribution in [-0.4, -0.2) is 71.1 Å². The lowest BCUT2D eigenvalue weighted by atomic mass is 10.1. The zero-order valence-corrected chi connectivity index (χ0v) is 18.2. The smallest absolute Gasteiger partial charge is 0.328 e. The molecule has 0 spiro atoms. The Balaban J connectivity index is 0.000000390. The van der Waals surface area contributed by atoms with Crippen LogP contribution in [0.3, 0.4) is 0 Å². The number of likely N-dealkylation sites (tertiary alicyclic amines) is 1. The number of likely N-dealkylation sites (N-methyl/N-ethyl adjacent to an activating group) is 1. The number of carboxylic acid groups (broad SMARTS) is 2. The minimum atomic E-state index is -1.26. The number of rotatable bonds is 7. The molecule has 10 heteroatoms. The van der Waals surface area contributed by atoms with Crippen LogP contribution < -0.4 is 15.4 Å². The third-order valence-electron chi connectivity index (χ3n) is 5.12. The zero-order valence-electron chi connectivity index (χ0n) is 18.2. The van der Waals surface area contributed by atoms with Crippen molar-refractivity contribution >= 4 is 29.4 Å². The van der Waals surface area contributed by atoms with Crippen molar-refractivity contribution in [1.29, 1.82) is 0 Å². The van der Waals surface area contributed by atoms with E-state index >= 15 is 0 Å². The highest BCUT2D eigenvalue weighted by Crippen LogP contribution is 2.33. The summed E-state index contributed by atoms with van der Waals surface area (Å²) in [5.74, 6) is -2.15. The number of carbonyl (C=O) groups is 4. The normalized spacial score (nSPS) is 17.1. The highest BCUT2D eigenvalue weighted by molar-refractivity contribution is 6.00. The lowest BCUT2D eigenvalue weighted by molar-refractivity contribution is -0.134. The third kappa shape index (κ3) is 7.38. The van der Waals surface area contributed by atoms with E-state index in [9.17, 15) is 19.2 Å². The number of nitrogens with one attached hydrogen (secondary N) is 2. The summed E-state index contributed by atoms with van der Waals surface area (Å²) >= 11 is 0. The first kappa shape index (κ1) is 24.9. The average molecular weight is 447 g/mol. The van der Waals surface area contributed by atoms with Crippen molar-refractivity contribution in [2.24, 2.45) is 0 Å². The minimum Gasteiger partial charge on any atom is -0.492 e. The van der Waals surface area contributed by atoms with Gasteiger partial charge in [0.25, 0.3) is 5.91 Å². The van der Waals surface area contributed by atoms with Crippen molar-refractivity contribution in [2.45, 2.75) is 39.2 Å². The number of carboxylic acids is 2. The number of aliphatic carboxylic acids is 2. The molecule has 174 valence electrons. The number of fused-ring (bicyclic) bond motifs is 1. The van der Waals surface area contributed by atoms with Gasteiger partial charge in [-0.2, -0.15) is 0 Å². The number of hydrogen-bond acceptors (Lipinski definition) is 6. The molecule has 2 aliphatic rings. The summed E-state index contributed by atoms with van der Waals surface area (Å²) < 4.78 is 5.64. The Kier molecular flexibility index (Phi) is 9.21. The SMILES string of the molecule is CCN1CCCC1CNC(=O)c1cc(NC(C)=O)cc2c1OCC2.O=C(O)/C=C/C(=O)O. The first-order valence-electron chi connectivity index (χ1n) is 10.4. The van der Waals surface area contributed by atoms with Gasteiger partial charge in [-0.05, 0) is 38.1 Å². The molecule has 0 bridgehead atoms. The van der Waals surface area contributed by atoms with Gasteiger partial charge in [-0.25, -0.2) is 9.59 Å². The predicted molar refractivity (Wildman–Crippen MR) is 117 cm³/mol. The minimum absolute atomic E-state index is 0.136. The summed E-state index contributed by atoms with van der Waals surface area (Å²) in [4.78, 5) is 45.5. The molecular formula is C22H29N3O7. The Bertz CT molecular complexity index is 882. The third-order valence-corrected chi connectivity index (χ3v) is 5.12. The molecule has 0 aromatic heterocycles. The number of benzene rings is 1. The zero-order chi connectivity index (χ0) is 23.7. The molecule has 1 atom stereocenters. The molecule has 1 fully saturated rings. The van der Waals surface area contributed by atoms with E-state index in [1.807, 2.05) is 6.07 Å². The van der Waals surface area contributed by atoms with E-state index in [0.29, 0.717) is 48.3 Å². The number of ether oxygens (including phenoxy) is 1. The Morgan fingerprint density at radius 2 is 1.88 bits per heavy atom.